The van der Waals surface area contributed by atoms with Gasteiger partial charge in [0.05, 0.1) is 23.6 Å². The average molecular weight is 237 g/mol. The highest BCUT2D eigenvalue weighted by atomic mass is 15.5. The third-order valence-electron chi connectivity index (χ3n) is 2.84. The van der Waals surface area contributed by atoms with E-state index in [2.05, 4.69) is 25.8 Å². The molecule has 0 unspecified atom stereocenters. The molecule has 7 heteroatoms. The van der Waals surface area contributed by atoms with E-state index >= 15 is 0 Å². The van der Waals surface area contributed by atoms with Crippen LogP contribution in [0.2, 0.25) is 0 Å². The first-order valence-electron chi connectivity index (χ1n) is 5.40. The molecule has 0 amide bonds. The molecule has 0 atom stereocenters. The molecule has 0 N–H and O–H groups in total. The Labute approximate surface area is 101 Å². The number of rotatable bonds is 1. The van der Waals surface area contributed by atoms with Gasteiger partial charge in [0.1, 0.15) is 0 Å². The minimum atomic E-state index is 0.680. The molecule has 3 heterocycles. The van der Waals surface area contributed by atoms with E-state index in [0.29, 0.717) is 5.65 Å². The molecule has 4 aromatic rings. The summed E-state index contributed by atoms with van der Waals surface area (Å²) in [5, 5.41) is 20.5. The van der Waals surface area contributed by atoms with Crippen LogP contribution in [0, 0.1) is 0 Å². The highest BCUT2D eigenvalue weighted by molar-refractivity contribution is 5.89. The number of para-hydroxylation sites is 1. The van der Waals surface area contributed by atoms with Crippen molar-refractivity contribution in [1.29, 1.82) is 0 Å². The number of pyridine rings is 1. The van der Waals surface area contributed by atoms with Crippen molar-refractivity contribution >= 4 is 16.6 Å². The van der Waals surface area contributed by atoms with Crippen molar-refractivity contribution in [3.05, 3.63) is 42.7 Å². The van der Waals surface area contributed by atoms with Gasteiger partial charge in [-0.2, -0.15) is 4.52 Å². The molecule has 0 aliphatic carbocycles. The molecule has 0 radical (unpaired) electrons. The second kappa shape index (κ2) is 3.33. The van der Waals surface area contributed by atoms with Crippen LogP contribution < -0.4 is 0 Å². The average Bonchev–Trinajstić information content (AvgIpc) is 3.09. The molecule has 0 spiro atoms. The maximum Gasteiger partial charge on any atom is 0.182 e. The largest absolute Gasteiger partial charge is 0.220 e. The zero-order valence-electron chi connectivity index (χ0n) is 9.17. The molecule has 0 bridgehead atoms. The lowest BCUT2D eigenvalue weighted by Crippen LogP contribution is -2.00. The minimum Gasteiger partial charge on any atom is -0.220 e. The van der Waals surface area contributed by atoms with E-state index in [1.807, 2.05) is 30.3 Å². The topological polar surface area (TPSA) is 73.8 Å². The maximum absolute atomic E-state index is 4.02. The van der Waals surface area contributed by atoms with E-state index in [9.17, 15) is 0 Å². The Morgan fingerprint density at radius 1 is 1.06 bits per heavy atom. The summed E-state index contributed by atoms with van der Waals surface area (Å²) in [5.74, 6) is 0. The predicted molar refractivity (Wildman–Crippen MR) is 63.2 cm³/mol. The van der Waals surface area contributed by atoms with E-state index in [4.69, 9.17) is 0 Å². The lowest BCUT2D eigenvalue weighted by Gasteiger charge is -2.06. The number of hydrogen-bond donors (Lipinski definition) is 0. The van der Waals surface area contributed by atoms with Crippen molar-refractivity contribution in [2.45, 2.75) is 0 Å². The molecule has 18 heavy (non-hydrogen) atoms. The van der Waals surface area contributed by atoms with Crippen LogP contribution in [0.4, 0.5) is 0 Å². The van der Waals surface area contributed by atoms with Crippen LogP contribution in [0.1, 0.15) is 0 Å². The number of benzene rings is 1. The van der Waals surface area contributed by atoms with Crippen LogP contribution in [-0.2, 0) is 0 Å². The molecular formula is C11H7N7. The molecular weight excluding hydrogens is 230 g/mol. The summed E-state index contributed by atoms with van der Waals surface area (Å²) in [7, 11) is 0. The first-order chi connectivity index (χ1) is 8.93. The first kappa shape index (κ1) is 9.23. The van der Waals surface area contributed by atoms with Gasteiger partial charge in [0.25, 0.3) is 0 Å². The molecule has 0 saturated carbocycles. The molecule has 7 nitrogen and oxygen atoms in total. The molecule has 0 saturated heterocycles. The third kappa shape index (κ3) is 1.15. The van der Waals surface area contributed by atoms with E-state index in [-0.39, 0.29) is 0 Å². The van der Waals surface area contributed by atoms with Gasteiger partial charge >= 0.3 is 0 Å². The Balaban J connectivity index is 2.23. The van der Waals surface area contributed by atoms with Crippen molar-refractivity contribution < 1.29 is 0 Å². The zero-order chi connectivity index (χ0) is 11.9. The summed E-state index contributed by atoms with van der Waals surface area (Å²) in [6, 6.07) is 9.79. The summed E-state index contributed by atoms with van der Waals surface area (Å²) in [4.78, 5) is 0. The van der Waals surface area contributed by atoms with Crippen molar-refractivity contribution in [2.24, 2.45) is 0 Å². The van der Waals surface area contributed by atoms with Gasteiger partial charge in [-0.3, -0.25) is 0 Å². The molecule has 4 rings (SSSR count). The van der Waals surface area contributed by atoms with Gasteiger partial charge in [0, 0.05) is 11.5 Å². The van der Waals surface area contributed by atoms with Crippen LogP contribution >= 0.6 is 0 Å². The van der Waals surface area contributed by atoms with E-state index < -0.39 is 0 Å². The Kier molecular flexibility index (Phi) is 1.71. The first-order valence-corrected chi connectivity index (χ1v) is 5.40. The van der Waals surface area contributed by atoms with Crippen LogP contribution in [0.15, 0.2) is 42.7 Å². The summed E-state index contributed by atoms with van der Waals surface area (Å²) in [5.41, 5.74) is 2.52. The number of fused-ring (bicyclic) bond motifs is 3. The molecule has 86 valence electrons. The molecule has 0 aliphatic heterocycles. The standard InChI is InChI=1S/C11H7N7/c1-2-4-9-8(3-1)10(17-6-5-12-15-17)7-11-13-14-16-18(9)11/h1-7H. The van der Waals surface area contributed by atoms with Crippen molar-refractivity contribution in [2.75, 3.05) is 0 Å². The summed E-state index contributed by atoms with van der Waals surface area (Å²) in [6.07, 6.45) is 3.43. The monoisotopic (exact) mass is 237 g/mol. The quantitative estimate of drug-likeness (QED) is 0.491. The maximum atomic E-state index is 4.02. The van der Waals surface area contributed by atoms with Crippen LogP contribution in [0.3, 0.4) is 0 Å². The second-order valence-electron chi connectivity index (χ2n) is 3.84. The smallest absolute Gasteiger partial charge is 0.182 e. The van der Waals surface area contributed by atoms with Crippen molar-refractivity contribution in [3.63, 3.8) is 0 Å². The highest BCUT2D eigenvalue weighted by Crippen LogP contribution is 2.22. The highest BCUT2D eigenvalue weighted by Gasteiger charge is 2.10. The van der Waals surface area contributed by atoms with Crippen LogP contribution in [0.25, 0.3) is 22.2 Å². The summed E-state index contributed by atoms with van der Waals surface area (Å²) < 4.78 is 3.41. The van der Waals surface area contributed by atoms with Gasteiger partial charge in [0.2, 0.25) is 0 Å². The summed E-state index contributed by atoms with van der Waals surface area (Å²) in [6.45, 7) is 0. The zero-order valence-corrected chi connectivity index (χ0v) is 9.17. The number of aromatic nitrogens is 7. The van der Waals surface area contributed by atoms with E-state index in [0.717, 1.165) is 16.6 Å². The Morgan fingerprint density at radius 3 is 2.89 bits per heavy atom. The van der Waals surface area contributed by atoms with E-state index in [1.165, 1.54) is 0 Å². The Hall–Kier alpha value is -2.83. The number of hydrogen-bond acceptors (Lipinski definition) is 5. The SMILES string of the molecule is c1ccc2c(c1)c(-n1ccnn1)cc1nnnn12. The summed E-state index contributed by atoms with van der Waals surface area (Å²) >= 11 is 0. The normalized spacial score (nSPS) is 11.3. The third-order valence-corrected chi connectivity index (χ3v) is 2.84. The van der Waals surface area contributed by atoms with Crippen molar-refractivity contribution in [1.82, 2.24) is 35.0 Å². The Bertz CT molecular complexity index is 831. The van der Waals surface area contributed by atoms with Gasteiger partial charge in [-0.25, -0.2) is 4.68 Å². The minimum absolute atomic E-state index is 0.680. The number of tetrazole rings is 1. The van der Waals surface area contributed by atoms with Gasteiger partial charge in [0.15, 0.2) is 5.65 Å². The van der Waals surface area contributed by atoms with Gasteiger partial charge in [-0.1, -0.05) is 23.4 Å². The Morgan fingerprint density at radius 2 is 2.00 bits per heavy atom. The van der Waals surface area contributed by atoms with Crippen molar-refractivity contribution in [3.8, 4) is 5.69 Å². The van der Waals surface area contributed by atoms with E-state index in [1.54, 1.807) is 21.6 Å². The molecule has 1 aromatic carbocycles. The molecule has 0 aliphatic rings. The molecule has 0 fully saturated rings. The fourth-order valence-corrected chi connectivity index (χ4v) is 2.06. The lowest BCUT2D eigenvalue weighted by molar-refractivity contribution is 0.805. The van der Waals surface area contributed by atoms with Crippen LogP contribution in [-0.4, -0.2) is 35.0 Å². The predicted octanol–water partition coefficient (Wildman–Crippen LogP) is 0.858. The fourth-order valence-electron chi connectivity index (χ4n) is 2.06. The molecule has 3 aromatic heterocycles. The van der Waals surface area contributed by atoms with Gasteiger partial charge in [-0.15, -0.1) is 10.2 Å². The van der Waals surface area contributed by atoms with Crippen LogP contribution in [0.5, 0.6) is 0 Å². The number of nitrogens with zero attached hydrogens (tertiary/aromatic N) is 7. The lowest BCUT2D eigenvalue weighted by atomic mass is 10.2. The van der Waals surface area contributed by atoms with Gasteiger partial charge < -0.3 is 0 Å². The van der Waals surface area contributed by atoms with Gasteiger partial charge in [-0.05, 0) is 16.5 Å². The fraction of sp³-hybridized carbons (Fsp3) is 0. The second-order valence-corrected chi connectivity index (χ2v) is 3.84.